The van der Waals surface area contributed by atoms with Crippen LogP contribution >= 0.6 is 23.1 Å². The van der Waals surface area contributed by atoms with Crippen molar-refractivity contribution in [2.75, 3.05) is 13.1 Å². The Kier molecular flexibility index (Phi) is 6.43. The predicted octanol–water partition coefficient (Wildman–Crippen LogP) is 5.67. The van der Waals surface area contributed by atoms with Gasteiger partial charge in [0.1, 0.15) is 5.01 Å². The zero-order chi connectivity index (χ0) is 20.9. The maximum Gasteiger partial charge on any atom is 0.196 e. The van der Waals surface area contributed by atoms with E-state index in [1.54, 1.807) is 23.1 Å². The van der Waals surface area contributed by atoms with Crippen molar-refractivity contribution in [2.45, 2.75) is 36.7 Å². The number of thiazole rings is 1. The topological polar surface area (TPSA) is 46.8 Å². The molecular formula is C24H25N5S2. The Hall–Kier alpha value is -2.48. The molecule has 5 rings (SSSR count). The highest BCUT2D eigenvalue weighted by Crippen LogP contribution is 2.29. The van der Waals surface area contributed by atoms with Crippen molar-refractivity contribution in [2.24, 2.45) is 0 Å². The minimum atomic E-state index is 0.776. The summed E-state index contributed by atoms with van der Waals surface area (Å²) < 4.78 is 2.21. The normalized spacial score (nSPS) is 14.7. The van der Waals surface area contributed by atoms with Crippen LogP contribution in [0.3, 0.4) is 0 Å². The first-order valence-electron chi connectivity index (χ1n) is 10.7. The number of rotatable bonds is 7. The number of thioether (sulfide) groups is 1. The van der Waals surface area contributed by atoms with Gasteiger partial charge >= 0.3 is 0 Å². The van der Waals surface area contributed by atoms with Crippen LogP contribution < -0.4 is 0 Å². The van der Waals surface area contributed by atoms with Gasteiger partial charge in [0.2, 0.25) is 0 Å². The van der Waals surface area contributed by atoms with E-state index in [2.05, 4.69) is 73.6 Å². The van der Waals surface area contributed by atoms with Crippen LogP contribution in [0, 0.1) is 0 Å². The Morgan fingerprint density at radius 2 is 1.61 bits per heavy atom. The van der Waals surface area contributed by atoms with Crippen molar-refractivity contribution in [3.8, 4) is 16.3 Å². The molecule has 7 heteroatoms. The molecule has 2 aromatic carbocycles. The fraction of sp³-hybridized carbons (Fsp3) is 0.292. The van der Waals surface area contributed by atoms with Gasteiger partial charge in [0.05, 0.1) is 12.2 Å². The molecule has 0 spiro atoms. The number of para-hydroxylation sites is 1. The molecule has 0 N–H and O–H groups in total. The molecule has 1 aliphatic rings. The number of hydrogen-bond donors (Lipinski definition) is 0. The summed E-state index contributed by atoms with van der Waals surface area (Å²) in [5.41, 5.74) is 3.36. The molecule has 4 aromatic rings. The molecule has 158 valence electrons. The molecule has 2 aromatic heterocycles. The van der Waals surface area contributed by atoms with Gasteiger partial charge in [-0.1, -0.05) is 66.7 Å². The van der Waals surface area contributed by atoms with Crippen molar-refractivity contribution in [3.05, 3.63) is 77.6 Å². The van der Waals surface area contributed by atoms with E-state index in [0.29, 0.717) is 0 Å². The highest BCUT2D eigenvalue weighted by Gasteiger charge is 2.19. The monoisotopic (exact) mass is 447 g/mol. The SMILES string of the molecule is c1ccc(-c2nc(CSc3nnc(CN4CCCCC4)n3-c3ccccc3)cs2)cc1. The summed E-state index contributed by atoms with van der Waals surface area (Å²) in [5, 5.41) is 13.3. The molecule has 0 bridgehead atoms. The molecular weight excluding hydrogens is 422 g/mol. The van der Waals surface area contributed by atoms with Gasteiger partial charge in [-0.25, -0.2) is 4.98 Å². The summed E-state index contributed by atoms with van der Waals surface area (Å²) >= 11 is 3.39. The number of benzene rings is 2. The molecule has 31 heavy (non-hydrogen) atoms. The summed E-state index contributed by atoms with van der Waals surface area (Å²) in [6, 6.07) is 20.8. The van der Waals surface area contributed by atoms with Crippen LogP contribution in [0.4, 0.5) is 0 Å². The van der Waals surface area contributed by atoms with Crippen LogP contribution in [0.1, 0.15) is 30.8 Å². The van der Waals surface area contributed by atoms with E-state index in [0.717, 1.165) is 52.8 Å². The number of aromatic nitrogens is 4. The Balaban J connectivity index is 1.36. The van der Waals surface area contributed by atoms with Gasteiger partial charge in [0.15, 0.2) is 11.0 Å². The Bertz CT molecular complexity index is 1100. The third-order valence-electron chi connectivity index (χ3n) is 5.45. The third-order valence-corrected chi connectivity index (χ3v) is 7.35. The van der Waals surface area contributed by atoms with Crippen LogP contribution in [0.2, 0.25) is 0 Å². The average molecular weight is 448 g/mol. The van der Waals surface area contributed by atoms with E-state index in [-0.39, 0.29) is 0 Å². The van der Waals surface area contributed by atoms with Crippen LogP contribution in [-0.4, -0.2) is 37.7 Å². The van der Waals surface area contributed by atoms with Gasteiger partial charge in [0.25, 0.3) is 0 Å². The molecule has 5 nitrogen and oxygen atoms in total. The average Bonchev–Trinajstić information content (AvgIpc) is 3.47. The lowest BCUT2D eigenvalue weighted by Gasteiger charge is -2.26. The highest BCUT2D eigenvalue weighted by atomic mass is 32.2. The molecule has 1 aliphatic heterocycles. The van der Waals surface area contributed by atoms with Gasteiger partial charge in [-0.05, 0) is 38.1 Å². The first kappa shape index (κ1) is 20.4. The second kappa shape index (κ2) is 9.77. The molecule has 3 heterocycles. The standard InChI is InChI=1S/C24H25N5S2/c1-4-10-19(11-5-1)23-25-20(17-30-23)18-31-24-27-26-22(16-28-14-8-3-9-15-28)29(24)21-12-6-2-7-13-21/h1-2,4-7,10-13,17H,3,8-9,14-16,18H2. The molecule has 0 amide bonds. The number of piperidine rings is 1. The number of likely N-dealkylation sites (tertiary alicyclic amines) is 1. The predicted molar refractivity (Wildman–Crippen MR) is 128 cm³/mol. The second-order valence-electron chi connectivity index (χ2n) is 7.71. The minimum absolute atomic E-state index is 0.776. The first-order chi connectivity index (χ1) is 15.4. The zero-order valence-corrected chi connectivity index (χ0v) is 19.0. The molecule has 1 fully saturated rings. The summed E-state index contributed by atoms with van der Waals surface area (Å²) in [5.74, 6) is 1.79. The second-order valence-corrected chi connectivity index (χ2v) is 9.51. The Morgan fingerprint density at radius 1 is 0.871 bits per heavy atom. The van der Waals surface area contributed by atoms with Crippen LogP contribution in [0.5, 0.6) is 0 Å². The van der Waals surface area contributed by atoms with Crippen LogP contribution in [-0.2, 0) is 12.3 Å². The fourth-order valence-corrected chi connectivity index (χ4v) is 5.67. The van der Waals surface area contributed by atoms with Gasteiger partial charge in [-0.2, -0.15) is 0 Å². The van der Waals surface area contributed by atoms with E-state index in [1.165, 1.54) is 24.8 Å². The molecule has 0 atom stereocenters. The van der Waals surface area contributed by atoms with Gasteiger partial charge in [0, 0.05) is 22.4 Å². The molecule has 1 saturated heterocycles. The lowest BCUT2D eigenvalue weighted by Crippen LogP contribution is -2.30. The zero-order valence-electron chi connectivity index (χ0n) is 17.4. The Labute approximate surface area is 191 Å². The van der Waals surface area contributed by atoms with Gasteiger partial charge in [-0.3, -0.25) is 9.47 Å². The minimum Gasteiger partial charge on any atom is -0.296 e. The lowest BCUT2D eigenvalue weighted by atomic mass is 10.1. The van der Waals surface area contributed by atoms with Crippen molar-refractivity contribution < 1.29 is 0 Å². The first-order valence-corrected chi connectivity index (χ1v) is 12.6. The van der Waals surface area contributed by atoms with Crippen LogP contribution in [0.15, 0.2) is 71.2 Å². The summed E-state index contributed by atoms with van der Waals surface area (Å²) in [6.45, 7) is 3.13. The lowest BCUT2D eigenvalue weighted by molar-refractivity contribution is 0.214. The van der Waals surface area contributed by atoms with E-state index >= 15 is 0 Å². The van der Waals surface area contributed by atoms with Crippen molar-refractivity contribution >= 4 is 23.1 Å². The van der Waals surface area contributed by atoms with Crippen LogP contribution in [0.25, 0.3) is 16.3 Å². The Morgan fingerprint density at radius 3 is 2.39 bits per heavy atom. The van der Waals surface area contributed by atoms with Gasteiger partial charge < -0.3 is 0 Å². The maximum absolute atomic E-state index is 4.83. The number of hydrogen-bond acceptors (Lipinski definition) is 6. The van der Waals surface area contributed by atoms with E-state index in [4.69, 9.17) is 4.98 Å². The smallest absolute Gasteiger partial charge is 0.196 e. The number of nitrogens with zero attached hydrogens (tertiary/aromatic N) is 5. The van der Waals surface area contributed by atoms with E-state index < -0.39 is 0 Å². The largest absolute Gasteiger partial charge is 0.296 e. The summed E-state index contributed by atoms with van der Waals surface area (Å²) in [6.07, 6.45) is 3.88. The van der Waals surface area contributed by atoms with E-state index in [9.17, 15) is 0 Å². The fourth-order valence-electron chi connectivity index (χ4n) is 3.88. The molecule has 0 saturated carbocycles. The van der Waals surface area contributed by atoms with Gasteiger partial charge in [-0.15, -0.1) is 21.5 Å². The summed E-state index contributed by atoms with van der Waals surface area (Å²) in [4.78, 5) is 7.32. The highest BCUT2D eigenvalue weighted by molar-refractivity contribution is 7.98. The molecule has 0 radical (unpaired) electrons. The van der Waals surface area contributed by atoms with Crippen molar-refractivity contribution in [1.82, 2.24) is 24.6 Å². The molecule has 0 aliphatic carbocycles. The third kappa shape index (κ3) is 4.89. The van der Waals surface area contributed by atoms with Crippen molar-refractivity contribution in [3.63, 3.8) is 0 Å². The quantitative estimate of drug-likeness (QED) is 0.342. The van der Waals surface area contributed by atoms with E-state index in [1.807, 2.05) is 12.1 Å². The molecule has 0 unspecified atom stereocenters. The maximum atomic E-state index is 4.83. The van der Waals surface area contributed by atoms with Crippen molar-refractivity contribution in [1.29, 1.82) is 0 Å². The summed E-state index contributed by atoms with van der Waals surface area (Å²) in [7, 11) is 0.